The maximum atomic E-state index is 5.83. The highest BCUT2D eigenvalue weighted by molar-refractivity contribution is 14.1. The van der Waals surface area contributed by atoms with Gasteiger partial charge in [-0.3, -0.25) is 0 Å². The maximum absolute atomic E-state index is 5.83. The lowest BCUT2D eigenvalue weighted by molar-refractivity contribution is 0.917. The summed E-state index contributed by atoms with van der Waals surface area (Å²) < 4.78 is 1.11. The van der Waals surface area contributed by atoms with Crippen molar-refractivity contribution < 1.29 is 0 Å². The molecule has 0 saturated heterocycles. The smallest absolute Gasteiger partial charge is 0.0449 e. The Hall–Kier alpha value is -1.23. The summed E-state index contributed by atoms with van der Waals surface area (Å²) in [5.74, 6) is 0. The van der Waals surface area contributed by atoms with E-state index in [1.54, 1.807) is 0 Å². The van der Waals surface area contributed by atoms with E-state index >= 15 is 0 Å². The van der Waals surface area contributed by atoms with Crippen LogP contribution in [0.5, 0.6) is 0 Å². The molecule has 2 rings (SSSR count). The van der Waals surface area contributed by atoms with E-state index < -0.39 is 0 Å². The second-order valence-corrected chi connectivity index (χ2v) is 5.66. The van der Waals surface area contributed by atoms with Gasteiger partial charge in [0.25, 0.3) is 0 Å². The van der Waals surface area contributed by atoms with Gasteiger partial charge in [0.1, 0.15) is 0 Å². The van der Waals surface area contributed by atoms with E-state index in [0.29, 0.717) is 0 Å². The number of nitrogen functional groups attached to an aromatic ring is 1. The van der Waals surface area contributed by atoms with Gasteiger partial charge < -0.3 is 10.6 Å². The molecule has 0 aliphatic rings. The summed E-state index contributed by atoms with van der Waals surface area (Å²) in [6.45, 7) is 3.03. The van der Waals surface area contributed by atoms with Crippen LogP contribution in [-0.2, 0) is 6.54 Å². The number of halogens is 1. The van der Waals surface area contributed by atoms with Gasteiger partial charge in [0.15, 0.2) is 0 Å². The summed E-state index contributed by atoms with van der Waals surface area (Å²) in [5, 5.41) is 0. The number of rotatable bonds is 3. The van der Waals surface area contributed by atoms with E-state index in [1.165, 1.54) is 16.8 Å². The van der Waals surface area contributed by atoms with Crippen molar-refractivity contribution >= 4 is 34.0 Å². The van der Waals surface area contributed by atoms with Gasteiger partial charge in [-0.05, 0) is 58.8 Å². The van der Waals surface area contributed by atoms with E-state index in [1.807, 2.05) is 6.07 Å². The monoisotopic (exact) mass is 352 g/mol. The first-order valence-corrected chi connectivity index (χ1v) is 6.96. The fourth-order valence-electron chi connectivity index (χ4n) is 2.02. The van der Waals surface area contributed by atoms with Crippen LogP contribution in [0, 0.1) is 10.5 Å². The molecule has 0 bridgehead atoms. The van der Waals surface area contributed by atoms with Gasteiger partial charge in [-0.25, -0.2) is 0 Å². The first-order valence-electron chi connectivity index (χ1n) is 5.88. The molecule has 0 aliphatic heterocycles. The average molecular weight is 352 g/mol. The van der Waals surface area contributed by atoms with Crippen molar-refractivity contribution in [2.75, 3.05) is 17.7 Å². The molecule has 2 aromatic carbocycles. The van der Waals surface area contributed by atoms with Crippen LogP contribution in [0.25, 0.3) is 0 Å². The minimum Gasteiger partial charge on any atom is -0.398 e. The molecule has 0 spiro atoms. The molecule has 18 heavy (non-hydrogen) atoms. The molecule has 0 radical (unpaired) electrons. The predicted molar refractivity (Wildman–Crippen MR) is 86.9 cm³/mol. The average Bonchev–Trinajstić information content (AvgIpc) is 2.34. The number of para-hydroxylation sites is 1. The minimum atomic E-state index is 0.845. The Morgan fingerprint density at radius 2 is 1.89 bits per heavy atom. The zero-order chi connectivity index (χ0) is 13.1. The summed E-state index contributed by atoms with van der Waals surface area (Å²) in [6, 6.07) is 14.6. The number of anilines is 2. The Kier molecular flexibility index (Phi) is 4.11. The molecular formula is C15H17IN2. The fraction of sp³-hybridized carbons (Fsp3) is 0.200. The van der Waals surface area contributed by atoms with Crippen LogP contribution in [0.1, 0.15) is 11.1 Å². The second-order valence-electron chi connectivity index (χ2n) is 4.50. The number of hydrogen-bond donors (Lipinski definition) is 1. The quantitative estimate of drug-likeness (QED) is 0.672. The van der Waals surface area contributed by atoms with Gasteiger partial charge in [-0.15, -0.1) is 0 Å². The van der Waals surface area contributed by atoms with Gasteiger partial charge >= 0.3 is 0 Å². The summed E-state index contributed by atoms with van der Waals surface area (Å²) >= 11 is 2.27. The molecule has 2 nitrogen and oxygen atoms in total. The zero-order valence-corrected chi connectivity index (χ0v) is 12.8. The van der Waals surface area contributed by atoms with Crippen molar-refractivity contribution in [2.24, 2.45) is 0 Å². The first-order chi connectivity index (χ1) is 8.58. The van der Waals surface area contributed by atoms with Crippen molar-refractivity contribution in [1.29, 1.82) is 0 Å². The molecule has 0 amide bonds. The lowest BCUT2D eigenvalue weighted by Crippen LogP contribution is -2.17. The Balaban J connectivity index is 2.19. The molecule has 0 saturated carbocycles. The highest BCUT2D eigenvalue weighted by atomic mass is 127. The Labute approximate surface area is 122 Å². The number of hydrogen-bond acceptors (Lipinski definition) is 2. The molecular weight excluding hydrogens is 335 g/mol. The third kappa shape index (κ3) is 2.96. The summed E-state index contributed by atoms with van der Waals surface area (Å²) in [4.78, 5) is 2.26. The lowest BCUT2D eigenvalue weighted by Gasteiger charge is -2.21. The van der Waals surface area contributed by atoms with Crippen LogP contribution in [0.15, 0.2) is 42.5 Å². The molecule has 0 atom stereocenters. The van der Waals surface area contributed by atoms with Crippen molar-refractivity contribution in [3.63, 3.8) is 0 Å². The van der Waals surface area contributed by atoms with Crippen molar-refractivity contribution in [1.82, 2.24) is 0 Å². The number of nitrogens with two attached hydrogens (primary N) is 1. The number of benzene rings is 2. The van der Waals surface area contributed by atoms with Gasteiger partial charge in [-0.2, -0.15) is 0 Å². The zero-order valence-electron chi connectivity index (χ0n) is 10.7. The van der Waals surface area contributed by atoms with Gasteiger partial charge in [0.05, 0.1) is 0 Å². The normalized spacial score (nSPS) is 10.4. The summed E-state index contributed by atoms with van der Waals surface area (Å²) in [7, 11) is 2.12. The van der Waals surface area contributed by atoms with Crippen LogP contribution < -0.4 is 10.6 Å². The third-order valence-corrected chi connectivity index (χ3v) is 3.95. The Morgan fingerprint density at radius 3 is 2.56 bits per heavy atom. The van der Waals surface area contributed by atoms with Gasteiger partial charge in [-0.1, -0.05) is 24.3 Å². The van der Waals surface area contributed by atoms with Gasteiger partial charge in [0, 0.05) is 28.5 Å². The molecule has 2 N–H and O–H groups in total. The Morgan fingerprint density at radius 1 is 1.17 bits per heavy atom. The standard InChI is InChI=1S/C15H17IN2/c1-11-5-3-4-6-15(11)18(2)10-12-7-8-14(17)13(16)9-12/h3-9H,10,17H2,1-2H3. The molecule has 0 aromatic heterocycles. The Bertz CT molecular complexity index is 552. The minimum absolute atomic E-state index is 0.845. The second kappa shape index (κ2) is 5.61. The summed E-state index contributed by atoms with van der Waals surface area (Å²) in [6.07, 6.45) is 0. The molecule has 0 aliphatic carbocycles. The van der Waals surface area contributed by atoms with Crippen molar-refractivity contribution in [2.45, 2.75) is 13.5 Å². The molecule has 0 unspecified atom stereocenters. The SMILES string of the molecule is Cc1ccccc1N(C)Cc1ccc(N)c(I)c1. The highest BCUT2D eigenvalue weighted by Gasteiger charge is 2.05. The first kappa shape index (κ1) is 13.2. The molecule has 2 aromatic rings. The number of aryl methyl sites for hydroxylation is 1. The fourth-order valence-corrected chi connectivity index (χ4v) is 2.60. The van der Waals surface area contributed by atoms with E-state index in [4.69, 9.17) is 5.73 Å². The predicted octanol–water partition coefficient (Wildman–Crippen LogP) is 3.82. The maximum Gasteiger partial charge on any atom is 0.0449 e. The van der Waals surface area contributed by atoms with E-state index in [9.17, 15) is 0 Å². The topological polar surface area (TPSA) is 29.3 Å². The van der Waals surface area contributed by atoms with Crippen molar-refractivity contribution in [3.05, 3.63) is 57.2 Å². The molecule has 0 fully saturated rings. The van der Waals surface area contributed by atoms with E-state index in [0.717, 1.165) is 15.8 Å². The van der Waals surface area contributed by atoms with Crippen LogP contribution in [-0.4, -0.2) is 7.05 Å². The summed E-state index contributed by atoms with van der Waals surface area (Å²) in [5.41, 5.74) is 10.5. The van der Waals surface area contributed by atoms with E-state index in [-0.39, 0.29) is 0 Å². The lowest BCUT2D eigenvalue weighted by atomic mass is 10.1. The van der Waals surface area contributed by atoms with Crippen LogP contribution in [0.3, 0.4) is 0 Å². The highest BCUT2D eigenvalue weighted by Crippen LogP contribution is 2.22. The molecule has 94 valence electrons. The molecule has 3 heteroatoms. The van der Waals surface area contributed by atoms with Crippen LogP contribution in [0.2, 0.25) is 0 Å². The van der Waals surface area contributed by atoms with Crippen LogP contribution >= 0.6 is 22.6 Å². The van der Waals surface area contributed by atoms with Crippen molar-refractivity contribution in [3.8, 4) is 0 Å². The van der Waals surface area contributed by atoms with Gasteiger partial charge in [0.2, 0.25) is 0 Å². The third-order valence-electron chi connectivity index (χ3n) is 3.01. The van der Waals surface area contributed by atoms with E-state index in [2.05, 4.69) is 77.9 Å². The number of nitrogens with zero attached hydrogens (tertiary/aromatic N) is 1. The largest absolute Gasteiger partial charge is 0.398 e. The van der Waals surface area contributed by atoms with Crippen LogP contribution in [0.4, 0.5) is 11.4 Å². The molecule has 0 heterocycles.